The van der Waals surface area contributed by atoms with Gasteiger partial charge in [-0.3, -0.25) is 0 Å². The number of aromatic nitrogens is 2. The maximum atomic E-state index is 5.30. The highest BCUT2D eigenvalue weighted by Gasteiger charge is 2.08. The molecule has 0 radical (unpaired) electrons. The Kier molecular flexibility index (Phi) is 4.76. The molecule has 5 heteroatoms. The van der Waals surface area contributed by atoms with Crippen molar-refractivity contribution in [3.8, 4) is 22.9 Å². The molecule has 0 amide bonds. The van der Waals surface area contributed by atoms with E-state index in [0.29, 0.717) is 17.3 Å². The molecule has 0 spiro atoms. The Bertz CT molecular complexity index is 573. The molecule has 1 heterocycles. The minimum atomic E-state index is 0.659. The molecule has 0 aliphatic rings. The van der Waals surface area contributed by atoms with Crippen molar-refractivity contribution in [2.24, 2.45) is 0 Å². The van der Waals surface area contributed by atoms with Gasteiger partial charge < -0.3 is 14.8 Å². The van der Waals surface area contributed by atoms with Crippen LogP contribution in [0.25, 0.3) is 11.4 Å². The van der Waals surface area contributed by atoms with Gasteiger partial charge in [0.1, 0.15) is 5.82 Å². The van der Waals surface area contributed by atoms with Crippen LogP contribution in [0.3, 0.4) is 0 Å². The Morgan fingerprint density at radius 2 is 1.90 bits per heavy atom. The normalized spacial score (nSPS) is 10.2. The van der Waals surface area contributed by atoms with Crippen LogP contribution in [-0.2, 0) is 0 Å². The van der Waals surface area contributed by atoms with E-state index in [1.807, 2.05) is 24.3 Å². The first kappa shape index (κ1) is 14.1. The van der Waals surface area contributed by atoms with Gasteiger partial charge in [0.05, 0.1) is 14.2 Å². The summed E-state index contributed by atoms with van der Waals surface area (Å²) < 4.78 is 10.5. The van der Waals surface area contributed by atoms with Crippen LogP contribution in [0, 0.1) is 0 Å². The highest BCUT2D eigenvalue weighted by molar-refractivity contribution is 5.62. The number of ether oxygens (including phenoxy) is 2. The third kappa shape index (κ3) is 3.17. The van der Waals surface area contributed by atoms with E-state index in [0.717, 1.165) is 24.3 Å². The Labute approximate surface area is 119 Å². The summed E-state index contributed by atoms with van der Waals surface area (Å²) in [6.07, 6.45) is 2.80. The quantitative estimate of drug-likeness (QED) is 0.876. The number of hydrogen-bond donors (Lipinski definition) is 1. The zero-order valence-electron chi connectivity index (χ0n) is 12.0. The maximum Gasteiger partial charge on any atom is 0.161 e. The number of nitrogens with one attached hydrogen (secondary N) is 1. The molecule has 0 saturated heterocycles. The highest BCUT2D eigenvalue weighted by atomic mass is 16.5. The molecule has 0 atom stereocenters. The van der Waals surface area contributed by atoms with Crippen LogP contribution in [0.5, 0.6) is 11.5 Å². The molecule has 1 aromatic carbocycles. The molecule has 0 fully saturated rings. The van der Waals surface area contributed by atoms with Crippen LogP contribution in [0.2, 0.25) is 0 Å². The maximum absolute atomic E-state index is 5.30. The Hall–Kier alpha value is -2.30. The summed E-state index contributed by atoms with van der Waals surface area (Å²) in [5.41, 5.74) is 0.891. The van der Waals surface area contributed by atoms with Crippen molar-refractivity contribution in [2.45, 2.75) is 13.3 Å². The number of anilines is 1. The first-order valence-corrected chi connectivity index (χ1v) is 6.57. The second kappa shape index (κ2) is 6.75. The third-order valence-corrected chi connectivity index (χ3v) is 2.85. The van der Waals surface area contributed by atoms with E-state index < -0.39 is 0 Å². The summed E-state index contributed by atoms with van der Waals surface area (Å²) in [6, 6.07) is 7.50. The largest absolute Gasteiger partial charge is 0.493 e. The average Bonchev–Trinajstić information content (AvgIpc) is 2.52. The van der Waals surface area contributed by atoms with Gasteiger partial charge in [0.2, 0.25) is 0 Å². The van der Waals surface area contributed by atoms with E-state index in [1.54, 1.807) is 20.4 Å². The Morgan fingerprint density at radius 1 is 1.10 bits per heavy atom. The first-order valence-electron chi connectivity index (χ1n) is 6.57. The third-order valence-electron chi connectivity index (χ3n) is 2.85. The van der Waals surface area contributed by atoms with Crippen molar-refractivity contribution < 1.29 is 9.47 Å². The van der Waals surface area contributed by atoms with Gasteiger partial charge in [-0.2, -0.15) is 0 Å². The van der Waals surface area contributed by atoms with Crippen molar-refractivity contribution in [1.29, 1.82) is 0 Å². The minimum absolute atomic E-state index is 0.659. The van der Waals surface area contributed by atoms with Crippen LogP contribution < -0.4 is 14.8 Å². The Morgan fingerprint density at radius 3 is 2.60 bits per heavy atom. The van der Waals surface area contributed by atoms with Gasteiger partial charge in [0.25, 0.3) is 0 Å². The summed E-state index contributed by atoms with van der Waals surface area (Å²) in [4.78, 5) is 8.79. The fourth-order valence-electron chi connectivity index (χ4n) is 1.82. The van der Waals surface area contributed by atoms with E-state index in [9.17, 15) is 0 Å². The summed E-state index contributed by atoms with van der Waals surface area (Å²) in [5.74, 6) is 2.84. The fraction of sp³-hybridized carbons (Fsp3) is 0.333. The smallest absolute Gasteiger partial charge is 0.161 e. The molecule has 20 heavy (non-hydrogen) atoms. The van der Waals surface area contributed by atoms with Crippen LogP contribution in [-0.4, -0.2) is 30.7 Å². The van der Waals surface area contributed by atoms with Gasteiger partial charge in [0.15, 0.2) is 17.3 Å². The highest BCUT2D eigenvalue weighted by Crippen LogP contribution is 2.31. The van der Waals surface area contributed by atoms with Crippen molar-refractivity contribution >= 4 is 5.82 Å². The Balaban J connectivity index is 2.31. The van der Waals surface area contributed by atoms with E-state index in [1.165, 1.54) is 0 Å². The molecule has 2 rings (SSSR count). The molecule has 0 bridgehead atoms. The summed E-state index contributed by atoms with van der Waals surface area (Å²) >= 11 is 0. The number of nitrogens with zero attached hydrogens (tertiary/aromatic N) is 2. The number of rotatable bonds is 6. The molecule has 0 unspecified atom stereocenters. The van der Waals surface area contributed by atoms with Crippen molar-refractivity contribution in [3.63, 3.8) is 0 Å². The number of hydrogen-bond acceptors (Lipinski definition) is 5. The molecule has 0 saturated carbocycles. The molecular formula is C15H19N3O2. The number of benzene rings is 1. The van der Waals surface area contributed by atoms with Crippen LogP contribution in [0.4, 0.5) is 5.82 Å². The second-order valence-electron chi connectivity index (χ2n) is 4.26. The van der Waals surface area contributed by atoms with Gasteiger partial charge >= 0.3 is 0 Å². The molecule has 106 valence electrons. The monoisotopic (exact) mass is 273 g/mol. The lowest BCUT2D eigenvalue weighted by atomic mass is 10.2. The predicted molar refractivity (Wildman–Crippen MR) is 79.4 cm³/mol. The standard InChI is InChI=1S/C15H19N3O2/c1-4-8-16-14-7-9-17-15(18-14)11-5-6-12(19-2)13(10-11)20-3/h5-7,9-10H,4,8H2,1-3H3,(H,16,17,18). The van der Waals surface area contributed by atoms with Gasteiger partial charge in [-0.1, -0.05) is 6.92 Å². The van der Waals surface area contributed by atoms with Crippen LogP contribution in [0.15, 0.2) is 30.5 Å². The first-order chi connectivity index (χ1) is 9.78. The van der Waals surface area contributed by atoms with E-state index in [4.69, 9.17) is 9.47 Å². The van der Waals surface area contributed by atoms with Crippen LogP contribution >= 0.6 is 0 Å². The average molecular weight is 273 g/mol. The van der Waals surface area contributed by atoms with Gasteiger partial charge in [0, 0.05) is 18.3 Å². The van der Waals surface area contributed by atoms with Gasteiger partial charge in [-0.15, -0.1) is 0 Å². The van der Waals surface area contributed by atoms with Crippen molar-refractivity contribution in [3.05, 3.63) is 30.5 Å². The van der Waals surface area contributed by atoms with Gasteiger partial charge in [-0.25, -0.2) is 9.97 Å². The summed E-state index contributed by atoms with van der Waals surface area (Å²) in [5, 5.41) is 3.25. The molecular weight excluding hydrogens is 254 g/mol. The van der Waals surface area contributed by atoms with Crippen molar-refractivity contribution in [1.82, 2.24) is 9.97 Å². The summed E-state index contributed by atoms with van der Waals surface area (Å²) in [6.45, 7) is 3.01. The fourth-order valence-corrected chi connectivity index (χ4v) is 1.82. The molecule has 1 aromatic heterocycles. The van der Waals surface area contributed by atoms with Crippen molar-refractivity contribution in [2.75, 3.05) is 26.1 Å². The molecule has 5 nitrogen and oxygen atoms in total. The van der Waals surface area contributed by atoms with E-state index >= 15 is 0 Å². The van der Waals surface area contributed by atoms with Gasteiger partial charge in [-0.05, 0) is 30.7 Å². The molecule has 0 aliphatic heterocycles. The number of methoxy groups -OCH3 is 2. The zero-order chi connectivity index (χ0) is 14.4. The lowest BCUT2D eigenvalue weighted by molar-refractivity contribution is 0.355. The van der Waals surface area contributed by atoms with Crippen LogP contribution in [0.1, 0.15) is 13.3 Å². The van der Waals surface area contributed by atoms with E-state index in [2.05, 4.69) is 22.2 Å². The predicted octanol–water partition coefficient (Wildman–Crippen LogP) is 2.98. The minimum Gasteiger partial charge on any atom is -0.493 e. The zero-order valence-corrected chi connectivity index (χ0v) is 12.0. The molecule has 2 aromatic rings. The SMILES string of the molecule is CCCNc1ccnc(-c2ccc(OC)c(OC)c2)n1. The summed E-state index contributed by atoms with van der Waals surface area (Å²) in [7, 11) is 3.23. The lowest BCUT2D eigenvalue weighted by Crippen LogP contribution is -2.03. The topological polar surface area (TPSA) is 56.3 Å². The lowest BCUT2D eigenvalue weighted by Gasteiger charge is -2.10. The van der Waals surface area contributed by atoms with E-state index in [-0.39, 0.29) is 0 Å². The second-order valence-corrected chi connectivity index (χ2v) is 4.26. The molecule has 1 N–H and O–H groups in total. The molecule has 0 aliphatic carbocycles.